The van der Waals surface area contributed by atoms with Crippen LogP contribution in [0.25, 0.3) is 0 Å². The highest BCUT2D eigenvalue weighted by atomic mass is 16.2. The lowest BCUT2D eigenvalue weighted by atomic mass is 10.1. The van der Waals surface area contributed by atoms with E-state index < -0.39 is 0 Å². The number of aryl methyl sites for hydroxylation is 2. The van der Waals surface area contributed by atoms with Gasteiger partial charge in [-0.1, -0.05) is 48.0 Å². The molecule has 0 radical (unpaired) electrons. The Morgan fingerprint density at radius 2 is 1.65 bits per heavy atom. The molecule has 1 aromatic heterocycles. The van der Waals surface area contributed by atoms with E-state index in [1.54, 1.807) is 4.90 Å². The van der Waals surface area contributed by atoms with Gasteiger partial charge in [-0.2, -0.15) is 0 Å². The standard InChI is InChI=1S/C26H29N3O2/c1-20-10-12-22(13-11-20)26(31)29(23-14-15-23)19-25(30)28(17-21-7-4-3-5-8-21)18-24-9-6-16-27(24)2/h3-13,16,23H,14-15,17-19H2,1-2H3. The predicted molar refractivity (Wildman–Crippen MR) is 121 cm³/mol. The second-order valence-electron chi connectivity index (χ2n) is 8.38. The molecule has 0 aliphatic heterocycles. The molecule has 0 saturated heterocycles. The first-order valence-corrected chi connectivity index (χ1v) is 10.8. The van der Waals surface area contributed by atoms with Crippen LogP contribution in [0.15, 0.2) is 72.9 Å². The molecule has 5 nitrogen and oxygen atoms in total. The fraction of sp³-hybridized carbons (Fsp3) is 0.308. The van der Waals surface area contributed by atoms with Crippen molar-refractivity contribution in [3.8, 4) is 0 Å². The zero-order chi connectivity index (χ0) is 21.8. The second kappa shape index (κ2) is 9.21. The minimum Gasteiger partial charge on any atom is -0.353 e. The highest BCUT2D eigenvalue weighted by Gasteiger charge is 2.35. The molecule has 0 N–H and O–H groups in total. The average molecular weight is 416 g/mol. The fourth-order valence-corrected chi connectivity index (χ4v) is 3.75. The van der Waals surface area contributed by atoms with Crippen LogP contribution in [0.1, 0.15) is 40.0 Å². The van der Waals surface area contributed by atoms with Gasteiger partial charge >= 0.3 is 0 Å². The smallest absolute Gasteiger partial charge is 0.254 e. The normalized spacial score (nSPS) is 13.1. The van der Waals surface area contributed by atoms with Crippen molar-refractivity contribution in [2.24, 2.45) is 7.05 Å². The molecule has 160 valence electrons. The maximum atomic E-state index is 13.4. The summed E-state index contributed by atoms with van der Waals surface area (Å²) in [5.74, 6) is -0.0909. The van der Waals surface area contributed by atoms with Crippen LogP contribution in [-0.2, 0) is 24.9 Å². The van der Waals surface area contributed by atoms with Crippen molar-refractivity contribution in [1.82, 2.24) is 14.4 Å². The molecule has 3 aromatic rings. The molecular formula is C26H29N3O2. The number of hydrogen-bond donors (Lipinski definition) is 0. The van der Waals surface area contributed by atoms with Crippen LogP contribution in [0.4, 0.5) is 0 Å². The number of hydrogen-bond acceptors (Lipinski definition) is 2. The lowest BCUT2D eigenvalue weighted by molar-refractivity contribution is -0.133. The molecule has 31 heavy (non-hydrogen) atoms. The van der Waals surface area contributed by atoms with Gasteiger partial charge in [0.2, 0.25) is 5.91 Å². The van der Waals surface area contributed by atoms with E-state index >= 15 is 0 Å². The van der Waals surface area contributed by atoms with E-state index in [1.807, 2.05) is 96.4 Å². The van der Waals surface area contributed by atoms with Crippen LogP contribution >= 0.6 is 0 Å². The van der Waals surface area contributed by atoms with E-state index in [2.05, 4.69) is 0 Å². The van der Waals surface area contributed by atoms with Crippen LogP contribution in [0, 0.1) is 6.92 Å². The fourth-order valence-electron chi connectivity index (χ4n) is 3.75. The van der Waals surface area contributed by atoms with E-state index in [4.69, 9.17) is 0 Å². The van der Waals surface area contributed by atoms with Crippen molar-refractivity contribution in [3.05, 3.63) is 95.3 Å². The number of benzene rings is 2. The Labute approximate surface area is 183 Å². The molecule has 0 atom stereocenters. The van der Waals surface area contributed by atoms with Gasteiger partial charge in [-0.25, -0.2) is 0 Å². The summed E-state index contributed by atoms with van der Waals surface area (Å²) in [6.07, 6.45) is 3.90. The molecule has 0 unspecified atom stereocenters. The molecule has 1 saturated carbocycles. The monoisotopic (exact) mass is 415 g/mol. The van der Waals surface area contributed by atoms with Crippen LogP contribution < -0.4 is 0 Å². The number of carbonyl (C=O) groups is 2. The third kappa shape index (κ3) is 5.23. The molecule has 2 aromatic carbocycles. The van der Waals surface area contributed by atoms with Crippen LogP contribution in [0.2, 0.25) is 0 Å². The second-order valence-corrected chi connectivity index (χ2v) is 8.38. The van der Waals surface area contributed by atoms with Gasteiger partial charge in [0.25, 0.3) is 5.91 Å². The maximum Gasteiger partial charge on any atom is 0.254 e. The Bertz CT molecular complexity index is 1040. The number of aromatic nitrogens is 1. The summed E-state index contributed by atoms with van der Waals surface area (Å²) in [4.78, 5) is 30.2. The molecule has 1 aliphatic rings. The molecule has 1 aliphatic carbocycles. The van der Waals surface area contributed by atoms with Crippen LogP contribution in [0.3, 0.4) is 0 Å². The summed E-state index contributed by atoms with van der Waals surface area (Å²) >= 11 is 0. The van der Waals surface area contributed by atoms with Gasteiger partial charge in [0.1, 0.15) is 6.54 Å². The van der Waals surface area contributed by atoms with E-state index in [1.165, 1.54) is 0 Å². The summed E-state index contributed by atoms with van der Waals surface area (Å²) in [6, 6.07) is 21.8. The SMILES string of the molecule is Cc1ccc(C(=O)N(CC(=O)N(Cc2ccccc2)Cc2cccn2C)C2CC2)cc1. The van der Waals surface area contributed by atoms with Crippen molar-refractivity contribution in [2.75, 3.05) is 6.54 Å². The van der Waals surface area contributed by atoms with Gasteiger partial charge in [0, 0.05) is 37.1 Å². The van der Waals surface area contributed by atoms with E-state index in [0.717, 1.165) is 29.7 Å². The summed E-state index contributed by atoms with van der Waals surface area (Å²) in [6.45, 7) is 3.13. The molecule has 1 heterocycles. The van der Waals surface area contributed by atoms with E-state index in [-0.39, 0.29) is 24.4 Å². The zero-order valence-corrected chi connectivity index (χ0v) is 18.2. The molecule has 0 bridgehead atoms. The van der Waals surface area contributed by atoms with E-state index in [9.17, 15) is 9.59 Å². The summed E-state index contributed by atoms with van der Waals surface area (Å²) in [5.41, 5.74) is 3.89. The highest BCUT2D eigenvalue weighted by Crippen LogP contribution is 2.28. The summed E-state index contributed by atoms with van der Waals surface area (Å²) in [5, 5.41) is 0. The number of amides is 2. The molecule has 1 fully saturated rings. The first-order valence-electron chi connectivity index (χ1n) is 10.8. The maximum absolute atomic E-state index is 13.4. The number of nitrogens with zero attached hydrogens (tertiary/aromatic N) is 3. The molecular weight excluding hydrogens is 386 g/mol. The highest BCUT2D eigenvalue weighted by molar-refractivity contribution is 5.97. The third-order valence-corrected chi connectivity index (χ3v) is 5.83. The Kier molecular flexibility index (Phi) is 6.21. The first-order chi connectivity index (χ1) is 15.0. The van der Waals surface area contributed by atoms with Gasteiger partial charge in [0.15, 0.2) is 0 Å². The largest absolute Gasteiger partial charge is 0.353 e. The Morgan fingerprint density at radius 1 is 0.935 bits per heavy atom. The Hall–Kier alpha value is -3.34. The Morgan fingerprint density at radius 3 is 2.26 bits per heavy atom. The molecule has 2 amide bonds. The predicted octanol–water partition coefficient (Wildman–Crippen LogP) is 4.17. The van der Waals surface area contributed by atoms with Crippen molar-refractivity contribution in [1.29, 1.82) is 0 Å². The summed E-state index contributed by atoms with van der Waals surface area (Å²) in [7, 11) is 1.98. The Balaban J connectivity index is 1.53. The van der Waals surface area contributed by atoms with Gasteiger partial charge in [-0.05, 0) is 49.6 Å². The average Bonchev–Trinajstić information content (AvgIpc) is 3.54. The number of rotatable bonds is 8. The zero-order valence-electron chi connectivity index (χ0n) is 18.2. The minimum absolute atomic E-state index is 0.0302. The molecule has 5 heteroatoms. The topological polar surface area (TPSA) is 45.6 Å². The van der Waals surface area contributed by atoms with Crippen LogP contribution in [-0.4, -0.2) is 38.8 Å². The minimum atomic E-state index is -0.0608. The van der Waals surface area contributed by atoms with Gasteiger partial charge in [0.05, 0.1) is 6.54 Å². The molecule has 0 spiro atoms. The third-order valence-electron chi connectivity index (χ3n) is 5.83. The van der Waals surface area contributed by atoms with Crippen LogP contribution in [0.5, 0.6) is 0 Å². The first kappa shape index (κ1) is 20.9. The van der Waals surface area contributed by atoms with E-state index in [0.29, 0.717) is 18.7 Å². The number of carbonyl (C=O) groups excluding carboxylic acids is 2. The van der Waals surface area contributed by atoms with Gasteiger partial charge in [-0.3, -0.25) is 9.59 Å². The quantitative estimate of drug-likeness (QED) is 0.554. The van der Waals surface area contributed by atoms with Crippen molar-refractivity contribution in [3.63, 3.8) is 0 Å². The van der Waals surface area contributed by atoms with Gasteiger partial charge < -0.3 is 14.4 Å². The lowest BCUT2D eigenvalue weighted by Gasteiger charge is -2.28. The van der Waals surface area contributed by atoms with Crippen molar-refractivity contribution in [2.45, 2.75) is 38.9 Å². The van der Waals surface area contributed by atoms with Gasteiger partial charge in [-0.15, -0.1) is 0 Å². The lowest BCUT2D eigenvalue weighted by Crippen LogP contribution is -2.43. The van der Waals surface area contributed by atoms with Crippen molar-refractivity contribution >= 4 is 11.8 Å². The van der Waals surface area contributed by atoms with Crippen molar-refractivity contribution < 1.29 is 9.59 Å². The summed E-state index contributed by atoms with van der Waals surface area (Å²) < 4.78 is 2.03. The molecule has 4 rings (SSSR count).